The largest absolute Gasteiger partial charge is 0.373 e. The Labute approximate surface area is 117 Å². The lowest BCUT2D eigenvalue weighted by atomic mass is 10.0. The van der Waals surface area contributed by atoms with Crippen molar-refractivity contribution in [2.45, 2.75) is 24.9 Å². The van der Waals surface area contributed by atoms with E-state index < -0.39 is 0 Å². The van der Waals surface area contributed by atoms with Gasteiger partial charge in [-0.2, -0.15) is 11.8 Å². The average Bonchev–Trinajstić information content (AvgIpc) is 2.94. The molecular weight excluding hydrogens is 254 g/mol. The molecular formula is C15H17N3S. The van der Waals surface area contributed by atoms with Crippen molar-refractivity contribution in [3.8, 4) is 11.4 Å². The van der Waals surface area contributed by atoms with Crippen LogP contribution in [0.2, 0.25) is 0 Å². The normalized spacial score (nSPS) is 13.4. The van der Waals surface area contributed by atoms with Gasteiger partial charge in [-0.3, -0.25) is 0 Å². The Bertz CT molecular complexity index is 610. The first-order valence-corrected chi connectivity index (χ1v) is 7.72. The second-order valence-corrected chi connectivity index (χ2v) is 5.56. The van der Waals surface area contributed by atoms with E-state index in [1.54, 1.807) is 0 Å². The number of nitrogens with zero attached hydrogens (tertiary/aromatic N) is 2. The maximum Gasteiger partial charge on any atom is 0.162 e. The minimum atomic E-state index is 0.850. The Morgan fingerprint density at radius 1 is 1.21 bits per heavy atom. The summed E-state index contributed by atoms with van der Waals surface area (Å²) < 4.78 is 0. The topological polar surface area (TPSA) is 37.8 Å². The molecule has 1 N–H and O–H groups in total. The van der Waals surface area contributed by atoms with Crippen LogP contribution in [-0.2, 0) is 17.9 Å². The first-order valence-electron chi connectivity index (χ1n) is 6.57. The van der Waals surface area contributed by atoms with Gasteiger partial charge in [0, 0.05) is 29.7 Å². The van der Waals surface area contributed by atoms with Crippen molar-refractivity contribution in [1.29, 1.82) is 0 Å². The minimum Gasteiger partial charge on any atom is -0.373 e. The molecule has 0 aliphatic carbocycles. The van der Waals surface area contributed by atoms with Crippen molar-refractivity contribution in [3.63, 3.8) is 0 Å². The molecule has 1 aliphatic rings. The molecule has 0 unspecified atom stereocenters. The van der Waals surface area contributed by atoms with Gasteiger partial charge in [-0.25, -0.2) is 9.97 Å². The smallest absolute Gasteiger partial charge is 0.162 e. The number of thioether (sulfide) groups is 1. The zero-order valence-corrected chi connectivity index (χ0v) is 12.0. The number of nitrogens with one attached hydrogen (secondary N) is 1. The maximum atomic E-state index is 4.77. The summed E-state index contributed by atoms with van der Waals surface area (Å²) in [6.45, 7) is 2.17. The number of fused-ring (bicyclic) bond motifs is 1. The van der Waals surface area contributed by atoms with Gasteiger partial charge in [-0.1, -0.05) is 31.2 Å². The fraction of sp³-hybridized carbons (Fsp3) is 0.333. The molecule has 0 radical (unpaired) electrons. The Hall–Kier alpha value is -1.55. The van der Waals surface area contributed by atoms with Crippen LogP contribution in [0.5, 0.6) is 0 Å². The molecule has 2 aromatic rings. The lowest BCUT2D eigenvalue weighted by molar-refractivity contribution is 1.05. The summed E-state index contributed by atoms with van der Waals surface area (Å²) in [6.07, 6.45) is 1.00. The Morgan fingerprint density at radius 3 is 2.84 bits per heavy atom. The molecule has 0 saturated carbocycles. The number of rotatable bonds is 3. The van der Waals surface area contributed by atoms with Crippen molar-refractivity contribution in [1.82, 2.24) is 9.97 Å². The molecule has 0 spiro atoms. The van der Waals surface area contributed by atoms with Crippen molar-refractivity contribution >= 4 is 17.6 Å². The van der Waals surface area contributed by atoms with E-state index in [0.717, 1.165) is 35.1 Å². The van der Waals surface area contributed by atoms with Gasteiger partial charge in [0.25, 0.3) is 0 Å². The van der Waals surface area contributed by atoms with Crippen LogP contribution in [0, 0.1) is 0 Å². The molecule has 0 saturated heterocycles. The third-order valence-electron chi connectivity index (χ3n) is 3.45. The lowest BCUT2D eigenvalue weighted by Crippen LogP contribution is -2.04. The highest BCUT2D eigenvalue weighted by molar-refractivity contribution is 7.98. The zero-order chi connectivity index (χ0) is 13.2. The van der Waals surface area contributed by atoms with Crippen molar-refractivity contribution in [3.05, 3.63) is 41.1 Å². The molecule has 0 bridgehead atoms. The van der Waals surface area contributed by atoms with E-state index in [1.165, 1.54) is 16.8 Å². The van der Waals surface area contributed by atoms with E-state index in [4.69, 9.17) is 9.97 Å². The van der Waals surface area contributed by atoms with E-state index in [1.807, 2.05) is 18.8 Å². The Kier molecular flexibility index (Phi) is 3.42. The summed E-state index contributed by atoms with van der Waals surface area (Å²) in [5.74, 6) is 3.84. The van der Waals surface area contributed by atoms with Crippen molar-refractivity contribution in [2.24, 2.45) is 0 Å². The number of anilines is 1. The third-order valence-corrected chi connectivity index (χ3v) is 4.42. The first kappa shape index (κ1) is 12.5. The van der Waals surface area contributed by atoms with Crippen LogP contribution in [0.4, 0.5) is 5.82 Å². The van der Waals surface area contributed by atoms with Crippen molar-refractivity contribution < 1.29 is 0 Å². The molecule has 3 rings (SSSR count). The fourth-order valence-electron chi connectivity index (χ4n) is 2.43. The molecule has 1 aliphatic heterocycles. The van der Waals surface area contributed by atoms with Gasteiger partial charge in [0.1, 0.15) is 5.82 Å². The number of hydrogen-bond acceptors (Lipinski definition) is 4. The highest BCUT2D eigenvalue weighted by Gasteiger charge is 2.20. The number of aryl methyl sites for hydroxylation is 1. The maximum absolute atomic E-state index is 4.77. The molecule has 98 valence electrons. The van der Waals surface area contributed by atoms with Crippen LogP contribution in [0.3, 0.4) is 0 Å². The molecule has 0 fully saturated rings. The van der Waals surface area contributed by atoms with Gasteiger partial charge in [-0.15, -0.1) is 0 Å². The standard InChI is InChI=1S/C15H17N3S/c1-3-10-6-4-5-7-11(10)15-17-13-9-19-8-12(13)14(16-2)18-15/h4-7H,3,8-9H2,1-2H3,(H,16,17,18). The van der Waals surface area contributed by atoms with Crippen LogP contribution < -0.4 is 5.32 Å². The van der Waals surface area contributed by atoms with E-state index in [2.05, 4.69) is 36.5 Å². The quantitative estimate of drug-likeness (QED) is 0.927. The summed E-state index contributed by atoms with van der Waals surface area (Å²) in [5.41, 5.74) is 4.91. The number of benzene rings is 1. The van der Waals surface area contributed by atoms with Crippen LogP contribution in [0.15, 0.2) is 24.3 Å². The lowest BCUT2D eigenvalue weighted by Gasteiger charge is -2.11. The predicted octanol–water partition coefficient (Wildman–Crippen LogP) is 3.49. The van der Waals surface area contributed by atoms with Gasteiger partial charge in [0.2, 0.25) is 0 Å². The molecule has 2 heterocycles. The first-order chi connectivity index (χ1) is 9.33. The minimum absolute atomic E-state index is 0.850. The van der Waals surface area contributed by atoms with E-state index in [-0.39, 0.29) is 0 Å². The average molecular weight is 271 g/mol. The Morgan fingerprint density at radius 2 is 2.05 bits per heavy atom. The molecule has 0 amide bonds. The van der Waals surface area contributed by atoms with Gasteiger partial charge in [-0.05, 0) is 12.0 Å². The predicted molar refractivity (Wildman–Crippen MR) is 81.4 cm³/mol. The van der Waals surface area contributed by atoms with Crippen LogP contribution in [0.1, 0.15) is 23.7 Å². The third kappa shape index (κ3) is 2.21. The molecule has 3 nitrogen and oxygen atoms in total. The number of hydrogen-bond donors (Lipinski definition) is 1. The van der Waals surface area contributed by atoms with Gasteiger partial charge >= 0.3 is 0 Å². The molecule has 1 aromatic carbocycles. The Balaban J connectivity index is 2.15. The summed E-state index contributed by atoms with van der Waals surface area (Å²) in [5, 5.41) is 3.21. The summed E-state index contributed by atoms with van der Waals surface area (Å²) in [6, 6.07) is 8.39. The van der Waals surface area contributed by atoms with E-state index in [0.29, 0.717) is 0 Å². The van der Waals surface area contributed by atoms with Crippen molar-refractivity contribution in [2.75, 3.05) is 12.4 Å². The fourth-order valence-corrected chi connectivity index (χ4v) is 3.47. The highest BCUT2D eigenvalue weighted by atomic mass is 32.2. The van der Waals surface area contributed by atoms with Gasteiger partial charge in [0.15, 0.2) is 5.82 Å². The monoisotopic (exact) mass is 271 g/mol. The summed E-state index contributed by atoms with van der Waals surface area (Å²) in [4.78, 5) is 9.47. The second-order valence-electron chi connectivity index (χ2n) is 4.57. The molecule has 19 heavy (non-hydrogen) atoms. The molecule has 1 aromatic heterocycles. The van der Waals surface area contributed by atoms with Gasteiger partial charge < -0.3 is 5.32 Å². The zero-order valence-electron chi connectivity index (χ0n) is 11.2. The number of aromatic nitrogens is 2. The summed E-state index contributed by atoms with van der Waals surface area (Å²) in [7, 11) is 1.93. The van der Waals surface area contributed by atoms with Gasteiger partial charge in [0.05, 0.1) is 5.69 Å². The van der Waals surface area contributed by atoms with E-state index in [9.17, 15) is 0 Å². The van der Waals surface area contributed by atoms with Crippen LogP contribution in [0.25, 0.3) is 11.4 Å². The molecule has 0 atom stereocenters. The molecule has 4 heteroatoms. The van der Waals surface area contributed by atoms with Crippen LogP contribution >= 0.6 is 11.8 Å². The summed E-state index contributed by atoms with van der Waals surface area (Å²) >= 11 is 1.90. The SMILES string of the molecule is CCc1ccccc1-c1nc2c(c(NC)n1)CSC2. The van der Waals surface area contributed by atoms with E-state index >= 15 is 0 Å². The highest BCUT2D eigenvalue weighted by Crippen LogP contribution is 2.34. The van der Waals surface area contributed by atoms with Crippen LogP contribution in [-0.4, -0.2) is 17.0 Å². The second kappa shape index (κ2) is 5.21.